The first-order chi connectivity index (χ1) is 9.80. The zero-order valence-corrected chi connectivity index (χ0v) is 13.1. The third-order valence-corrected chi connectivity index (χ3v) is 3.52. The quantitative estimate of drug-likeness (QED) is 0.538. The summed E-state index contributed by atoms with van der Waals surface area (Å²) in [6.07, 6.45) is 8.86. The summed E-state index contributed by atoms with van der Waals surface area (Å²) < 4.78 is 1.91. The topological polar surface area (TPSA) is 54.2 Å². The normalized spacial score (nSPS) is 13.2. The summed E-state index contributed by atoms with van der Waals surface area (Å²) in [5.41, 5.74) is 0. The molecule has 1 atom stereocenters. The molecule has 2 N–H and O–H groups in total. The van der Waals surface area contributed by atoms with Gasteiger partial charge in [-0.3, -0.25) is 9.67 Å². The maximum atomic E-state index is 4.26. The summed E-state index contributed by atoms with van der Waals surface area (Å²) in [7, 11) is 1.82. The first-order valence-corrected chi connectivity index (χ1v) is 7.72. The lowest BCUT2D eigenvalue weighted by Gasteiger charge is -2.18. The molecule has 5 heteroatoms. The summed E-state index contributed by atoms with van der Waals surface area (Å²) >= 11 is 0. The third-order valence-electron chi connectivity index (χ3n) is 3.52. The number of guanidine groups is 1. The van der Waals surface area contributed by atoms with Crippen LogP contribution in [-0.4, -0.2) is 35.9 Å². The lowest BCUT2D eigenvalue weighted by molar-refractivity contribution is 0.443. The van der Waals surface area contributed by atoms with Crippen LogP contribution in [0.15, 0.2) is 23.5 Å². The molecule has 1 unspecified atom stereocenters. The van der Waals surface area contributed by atoms with E-state index >= 15 is 0 Å². The van der Waals surface area contributed by atoms with Crippen molar-refractivity contribution in [1.29, 1.82) is 0 Å². The second-order valence-corrected chi connectivity index (χ2v) is 5.07. The van der Waals surface area contributed by atoms with Crippen molar-refractivity contribution in [3.05, 3.63) is 18.5 Å². The highest BCUT2D eigenvalue weighted by atomic mass is 15.3. The van der Waals surface area contributed by atoms with E-state index in [4.69, 9.17) is 0 Å². The molecule has 20 heavy (non-hydrogen) atoms. The van der Waals surface area contributed by atoms with E-state index in [1.165, 1.54) is 25.7 Å². The van der Waals surface area contributed by atoms with Gasteiger partial charge in [-0.25, -0.2) is 0 Å². The number of aromatic nitrogens is 2. The molecule has 0 radical (unpaired) electrons. The molecule has 114 valence electrons. The molecule has 0 fully saturated rings. The predicted octanol–water partition coefficient (Wildman–Crippen LogP) is 2.26. The zero-order valence-electron chi connectivity index (χ0n) is 13.1. The number of nitrogens with zero attached hydrogens (tertiary/aromatic N) is 3. The number of hydrogen-bond acceptors (Lipinski definition) is 2. The van der Waals surface area contributed by atoms with Crippen LogP contribution in [-0.2, 0) is 6.54 Å². The second kappa shape index (κ2) is 10.3. The molecule has 0 amide bonds. The fourth-order valence-electron chi connectivity index (χ4n) is 2.13. The van der Waals surface area contributed by atoms with Crippen LogP contribution in [0.25, 0.3) is 0 Å². The summed E-state index contributed by atoms with van der Waals surface area (Å²) in [6.45, 7) is 7.18. The summed E-state index contributed by atoms with van der Waals surface area (Å²) in [5, 5.41) is 10.9. The van der Waals surface area contributed by atoms with Gasteiger partial charge in [0, 0.05) is 32.5 Å². The Morgan fingerprint density at radius 3 is 2.80 bits per heavy atom. The molecule has 0 aliphatic rings. The van der Waals surface area contributed by atoms with E-state index in [-0.39, 0.29) is 0 Å². The van der Waals surface area contributed by atoms with Gasteiger partial charge in [0.1, 0.15) is 0 Å². The Bertz CT molecular complexity index is 358. The SMILES string of the molecule is CCCCC(CC)CNC(=NC)NCCn1cccn1. The van der Waals surface area contributed by atoms with Crippen LogP contribution in [0.3, 0.4) is 0 Å². The largest absolute Gasteiger partial charge is 0.356 e. The van der Waals surface area contributed by atoms with Gasteiger partial charge in [0.15, 0.2) is 5.96 Å². The van der Waals surface area contributed by atoms with Crippen molar-refractivity contribution in [2.75, 3.05) is 20.1 Å². The summed E-state index contributed by atoms with van der Waals surface area (Å²) in [6, 6.07) is 1.94. The van der Waals surface area contributed by atoms with Gasteiger partial charge >= 0.3 is 0 Å². The van der Waals surface area contributed by atoms with Gasteiger partial charge in [-0.1, -0.05) is 33.1 Å². The second-order valence-electron chi connectivity index (χ2n) is 5.07. The molecule has 0 aliphatic carbocycles. The molecule has 0 spiro atoms. The minimum atomic E-state index is 0.736. The van der Waals surface area contributed by atoms with Gasteiger partial charge in [0.2, 0.25) is 0 Å². The van der Waals surface area contributed by atoms with E-state index in [9.17, 15) is 0 Å². The van der Waals surface area contributed by atoms with Crippen molar-refractivity contribution in [3.8, 4) is 0 Å². The van der Waals surface area contributed by atoms with Crippen molar-refractivity contribution < 1.29 is 0 Å². The van der Waals surface area contributed by atoms with Gasteiger partial charge < -0.3 is 10.6 Å². The van der Waals surface area contributed by atoms with Crippen LogP contribution in [0.2, 0.25) is 0 Å². The molecule has 0 bridgehead atoms. The number of aliphatic imine (C=N–C) groups is 1. The number of unbranched alkanes of at least 4 members (excludes halogenated alkanes) is 1. The van der Waals surface area contributed by atoms with E-state index in [0.29, 0.717) is 0 Å². The molecular formula is C15H29N5. The Morgan fingerprint density at radius 2 is 2.20 bits per heavy atom. The van der Waals surface area contributed by atoms with Crippen molar-refractivity contribution in [2.45, 2.75) is 46.1 Å². The van der Waals surface area contributed by atoms with Gasteiger partial charge in [0.05, 0.1) is 6.54 Å². The van der Waals surface area contributed by atoms with Gasteiger partial charge in [-0.15, -0.1) is 0 Å². The molecule has 1 aromatic heterocycles. The zero-order chi connectivity index (χ0) is 14.6. The molecular weight excluding hydrogens is 250 g/mol. The average molecular weight is 279 g/mol. The highest BCUT2D eigenvalue weighted by molar-refractivity contribution is 5.79. The highest BCUT2D eigenvalue weighted by Gasteiger charge is 2.06. The van der Waals surface area contributed by atoms with E-state index in [2.05, 4.69) is 34.6 Å². The fraction of sp³-hybridized carbons (Fsp3) is 0.733. The summed E-state index contributed by atoms with van der Waals surface area (Å²) in [5.74, 6) is 1.62. The molecule has 1 rings (SSSR count). The first kappa shape index (κ1) is 16.5. The molecule has 0 saturated heterocycles. The maximum Gasteiger partial charge on any atom is 0.191 e. The smallest absolute Gasteiger partial charge is 0.191 e. The Hall–Kier alpha value is -1.52. The number of nitrogens with one attached hydrogen (secondary N) is 2. The summed E-state index contributed by atoms with van der Waals surface area (Å²) in [4.78, 5) is 4.26. The van der Waals surface area contributed by atoms with Crippen molar-refractivity contribution in [1.82, 2.24) is 20.4 Å². The van der Waals surface area contributed by atoms with Crippen LogP contribution in [0.1, 0.15) is 39.5 Å². The van der Waals surface area contributed by atoms with Gasteiger partial charge in [-0.2, -0.15) is 5.10 Å². The standard InChI is InChI=1S/C15H29N5/c1-4-6-8-14(5-2)13-18-15(16-3)17-10-12-20-11-7-9-19-20/h7,9,11,14H,4-6,8,10,12-13H2,1-3H3,(H2,16,17,18). The Balaban J connectivity index is 2.21. The van der Waals surface area contributed by atoms with Crippen LogP contribution in [0.5, 0.6) is 0 Å². The maximum absolute atomic E-state index is 4.26. The molecule has 1 heterocycles. The minimum Gasteiger partial charge on any atom is -0.356 e. The van der Waals surface area contributed by atoms with Crippen molar-refractivity contribution >= 4 is 5.96 Å². The van der Waals surface area contributed by atoms with Gasteiger partial charge in [0.25, 0.3) is 0 Å². The molecule has 0 aromatic carbocycles. The number of rotatable bonds is 9. The third kappa shape index (κ3) is 6.59. The lowest BCUT2D eigenvalue weighted by Crippen LogP contribution is -2.41. The van der Waals surface area contributed by atoms with Gasteiger partial charge in [-0.05, 0) is 18.4 Å². The van der Waals surface area contributed by atoms with Crippen molar-refractivity contribution in [3.63, 3.8) is 0 Å². The molecule has 0 saturated carbocycles. The monoisotopic (exact) mass is 279 g/mol. The van der Waals surface area contributed by atoms with Crippen LogP contribution >= 0.6 is 0 Å². The molecule has 5 nitrogen and oxygen atoms in total. The number of hydrogen-bond donors (Lipinski definition) is 2. The Morgan fingerprint density at radius 1 is 1.35 bits per heavy atom. The van der Waals surface area contributed by atoms with Crippen LogP contribution in [0.4, 0.5) is 0 Å². The van der Waals surface area contributed by atoms with E-state index in [1.54, 1.807) is 6.20 Å². The Labute approximate surface area is 122 Å². The van der Waals surface area contributed by atoms with E-state index in [1.807, 2.05) is 24.0 Å². The van der Waals surface area contributed by atoms with Crippen LogP contribution in [0, 0.1) is 5.92 Å². The lowest BCUT2D eigenvalue weighted by atomic mass is 9.99. The first-order valence-electron chi connectivity index (χ1n) is 7.72. The minimum absolute atomic E-state index is 0.736. The van der Waals surface area contributed by atoms with Crippen LogP contribution < -0.4 is 10.6 Å². The van der Waals surface area contributed by atoms with E-state index < -0.39 is 0 Å². The molecule has 0 aliphatic heterocycles. The fourth-order valence-corrected chi connectivity index (χ4v) is 2.13. The predicted molar refractivity (Wildman–Crippen MR) is 84.9 cm³/mol. The van der Waals surface area contributed by atoms with E-state index in [0.717, 1.165) is 31.5 Å². The average Bonchev–Trinajstić information content (AvgIpc) is 2.98. The highest BCUT2D eigenvalue weighted by Crippen LogP contribution is 2.10. The Kier molecular flexibility index (Phi) is 8.51. The van der Waals surface area contributed by atoms with Crippen molar-refractivity contribution in [2.24, 2.45) is 10.9 Å². The molecule has 1 aromatic rings.